The Morgan fingerprint density at radius 3 is 2.46 bits per heavy atom. The Labute approximate surface area is 80.2 Å². The summed E-state index contributed by atoms with van der Waals surface area (Å²) in [5.74, 6) is 0. The average molecular weight is 182 g/mol. The van der Waals surface area contributed by atoms with Crippen LogP contribution in [0.15, 0.2) is 37.0 Å². The smallest absolute Gasteiger partial charge is 0.102 e. The van der Waals surface area contributed by atoms with Crippen LogP contribution in [-0.2, 0) is 4.74 Å². The Morgan fingerprint density at radius 1 is 1.46 bits per heavy atom. The van der Waals surface area contributed by atoms with E-state index in [4.69, 9.17) is 4.74 Å². The molecule has 0 rings (SSSR count). The zero-order valence-corrected chi connectivity index (χ0v) is 8.36. The molecule has 0 heterocycles. The average Bonchev–Trinajstić information content (AvgIpc) is 2.10. The summed E-state index contributed by atoms with van der Waals surface area (Å²) in [4.78, 5) is 0. The predicted octanol–water partition coefficient (Wildman–Crippen LogP) is 2.07. The molecule has 1 atom stereocenters. The molecule has 0 aromatic carbocycles. The lowest BCUT2D eigenvalue weighted by atomic mass is 10.1. The summed E-state index contributed by atoms with van der Waals surface area (Å²) in [5, 5.41) is 9.58. The maximum absolute atomic E-state index is 9.58. The Bertz CT molecular complexity index is 192. The molecule has 0 radical (unpaired) electrons. The minimum atomic E-state index is -0.613. The first kappa shape index (κ1) is 12.1. The molecule has 0 fully saturated rings. The Balaban J connectivity index is 4.06. The lowest BCUT2D eigenvalue weighted by Crippen LogP contribution is -2.19. The maximum Gasteiger partial charge on any atom is 0.102 e. The summed E-state index contributed by atoms with van der Waals surface area (Å²) >= 11 is 0. The van der Waals surface area contributed by atoms with Gasteiger partial charge in [-0.1, -0.05) is 31.4 Å². The van der Waals surface area contributed by atoms with E-state index in [0.717, 1.165) is 5.57 Å². The van der Waals surface area contributed by atoms with Gasteiger partial charge in [0, 0.05) is 0 Å². The van der Waals surface area contributed by atoms with Gasteiger partial charge in [-0.05, 0) is 19.4 Å². The fourth-order valence-electron chi connectivity index (χ4n) is 0.831. The first-order valence-electron chi connectivity index (χ1n) is 4.36. The molecule has 0 saturated carbocycles. The van der Waals surface area contributed by atoms with Gasteiger partial charge in [0.1, 0.15) is 6.10 Å². The van der Waals surface area contributed by atoms with Crippen LogP contribution in [-0.4, -0.2) is 23.9 Å². The molecule has 0 bridgehead atoms. The summed E-state index contributed by atoms with van der Waals surface area (Å²) in [6, 6.07) is 0. The van der Waals surface area contributed by atoms with E-state index < -0.39 is 6.10 Å². The third-order valence-electron chi connectivity index (χ3n) is 1.52. The predicted molar refractivity (Wildman–Crippen MR) is 55.6 cm³/mol. The van der Waals surface area contributed by atoms with Crippen molar-refractivity contribution in [1.29, 1.82) is 0 Å². The maximum atomic E-state index is 9.58. The molecular weight excluding hydrogens is 164 g/mol. The van der Waals surface area contributed by atoms with Crippen molar-refractivity contribution in [2.24, 2.45) is 0 Å². The van der Waals surface area contributed by atoms with Crippen molar-refractivity contribution in [2.45, 2.75) is 26.1 Å². The zero-order valence-electron chi connectivity index (χ0n) is 8.36. The van der Waals surface area contributed by atoms with Gasteiger partial charge in [0.05, 0.1) is 12.7 Å². The number of hydrogen-bond donors (Lipinski definition) is 1. The second-order valence-electron chi connectivity index (χ2n) is 3.00. The minimum absolute atomic E-state index is 0.129. The first-order chi connectivity index (χ1) is 6.11. The van der Waals surface area contributed by atoms with Crippen LogP contribution in [0.1, 0.15) is 13.8 Å². The number of rotatable bonds is 6. The molecular formula is C11H18O2. The Kier molecular flexibility index (Phi) is 6.20. The number of hydrogen-bond acceptors (Lipinski definition) is 2. The molecule has 1 unspecified atom stereocenters. The standard InChI is InChI=1S/C11H18O2/c1-5-7-10(6-2)11(12)8-13-9(3)4/h5-7,9,11-12H,1-2,8H2,3-4H3/b10-7+. The van der Waals surface area contributed by atoms with Crippen molar-refractivity contribution < 1.29 is 9.84 Å². The van der Waals surface area contributed by atoms with Crippen molar-refractivity contribution in [2.75, 3.05) is 6.61 Å². The molecule has 1 N–H and O–H groups in total. The van der Waals surface area contributed by atoms with E-state index in [1.807, 2.05) is 13.8 Å². The number of ether oxygens (including phenoxy) is 1. The van der Waals surface area contributed by atoms with Gasteiger partial charge in [0.15, 0.2) is 0 Å². The second kappa shape index (κ2) is 6.63. The van der Waals surface area contributed by atoms with Crippen LogP contribution in [0.2, 0.25) is 0 Å². The van der Waals surface area contributed by atoms with E-state index in [-0.39, 0.29) is 6.10 Å². The number of aliphatic hydroxyl groups excluding tert-OH is 1. The SMILES string of the molecule is C=C/C=C(\C=C)C(O)COC(C)C. The molecule has 0 aromatic rings. The molecule has 2 nitrogen and oxygen atoms in total. The van der Waals surface area contributed by atoms with Gasteiger partial charge in [0.25, 0.3) is 0 Å². The molecule has 0 saturated heterocycles. The third kappa shape index (κ3) is 5.39. The summed E-state index contributed by atoms with van der Waals surface area (Å²) in [5.41, 5.74) is 0.732. The highest BCUT2D eigenvalue weighted by Gasteiger charge is 2.07. The lowest BCUT2D eigenvalue weighted by molar-refractivity contribution is 0.0211. The summed E-state index contributed by atoms with van der Waals surface area (Å²) in [6.07, 6.45) is 4.47. The number of allylic oxidation sites excluding steroid dienone is 2. The van der Waals surface area contributed by atoms with Crippen LogP contribution in [0.4, 0.5) is 0 Å². The molecule has 0 aliphatic carbocycles. The van der Waals surface area contributed by atoms with Crippen LogP contribution < -0.4 is 0 Å². The van der Waals surface area contributed by atoms with Crippen LogP contribution in [0.3, 0.4) is 0 Å². The van der Waals surface area contributed by atoms with E-state index >= 15 is 0 Å². The highest BCUT2D eigenvalue weighted by atomic mass is 16.5. The molecule has 0 aromatic heterocycles. The zero-order chi connectivity index (χ0) is 10.3. The van der Waals surface area contributed by atoms with Gasteiger partial charge in [-0.25, -0.2) is 0 Å². The second-order valence-corrected chi connectivity index (χ2v) is 3.00. The molecule has 0 aliphatic rings. The molecule has 0 aliphatic heterocycles. The number of aliphatic hydroxyl groups is 1. The highest BCUT2D eigenvalue weighted by Crippen LogP contribution is 2.05. The Morgan fingerprint density at radius 2 is 2.08 bits per heavy atom. The van der Waals surface area contributed by atoms with Crippen molar-refractivity contribution in [3.8, 4) is 0 Å². The topological polar surface area (TPSA) is 29.5 Å². The van der Waals surface area contributed by atoms with Crippen molar-refractivity contribution in [3.63, 3.8) is 0 Å². The fourth-order valence-corrected chi connectivity index (χ4v) is 0.831. The van der Waals surface area contributed by atoms with E-state index in [9.17, 15) is 5.11 Å². The summed E-state index contributed by atoms with van der Waals surface area (Å²) in [6.45, 7) is 11.3. The van der Waals surface area contributed by atoms with Crippen LogP contribution in [0, 0.1) is 0 Å². The van der Waals surface area contributed by atoms with Crippen LogP contribution >= 0.6 is 0 Å². The lowest BCUT2D eigenvalue weighted by Gasteiger charge is -2.13. The Hall–Kier alpha value is -0.860. The summed E-state index contributed by atoms with van der Waals surface area (Å²) in [7, 11) is 0. The fraction of sp³-hybridized carbons (Fsp3) is 0.455. The van der Waals surface area contributed by atoms with Crippen LogP contribution in [0.25, 0.3) is 0 Å². The molecule has 0 spiro atoms. The van der Waals surface area contributed by atoms with E-state index in [0.29, 0.717) is 6.61 Å². The van der Waals surface area contributed by atoms with Crippen molar-refractivity contribution in [1.82, 2.24) is 0 Å². The summed E-state index contributed by atoms with van der Waals surface area (Å²) < 4.78 is 5.26. The van der Waals surface area contributed by atoms with Gasteiger partial charge >= 0.3 is 0 Å². The van der Waals surface area contributed by atoms with E-state index in [1.165, 1.54) is 0 Å². The highest BCUT2D eigenvalue weighted by molar-refractivity contribution is 5.24. The van der Waals surface area contributed by atoms with Gasteiger partial charge in [-0.15, -0.1) is 0 Å². The first-order valence-corrected chi connectivity index (χ1v) is 4.36. The molecule has 74 valence electrons. The minimum Gasteiger partial charge on any atom is -0.386 e. The van der Waals surface area contributed by atoms with E-state index in [2.05, 4.69) is 13.2 Å². The normalized spacial score (nSPS) is 14.3. The van der Waals surface area contributed by atoms with Crippen molar-refractivity contribution in [3.05, 3.63) is 37.0 Å². The van der Waals surface area contributed by atoms with Gasteiger partial charge in [-0.3, -0.25) is 0 Å². The molecule has 2 heteroatoms. The largest absolute Gasteiger partial charge is 0.386 e. The van der Waals surface area contributed by atoms with Crippen molar-refractivity contribution >= 4 is 0 Å². The van der Waals surface area contributed by atoms with E-state index in [1.54, 1.807) is 18.2 Å². The van der Waals surface area contributed by atoms with Gasteiger partial charge in [-0.2, -0.15) is 0 Å². The van der Waals surface area contributed by atoms with Gasteiger partial charge in [0.2, 0.25) is 0 Å². The molecule has 0 amide bonds. The van der Waals surface area contributed by atoms with Gasteiger partial charge < -0.3 is 9.84 Å². The quantitative estimate of drug-likeness (QED) is 0.637. The van der Waals surface area contributed by atoms with Crippen LogP contribution in [0.5, 0.6) is 0 Å². The third-order valence-corrected chi connectivity index (χ3v) is 1.52. The molecule has 13 heavy (non-hydrogen) atoms. The monoisotopic (exact) mass is 182 g/mol.